The zero-order valence-electron chi connectivity index (χ0n) is 21.1. The van der Waals surface area contributed by atoms with Gasteiger partial charge in [0.15, 0.2) is 18.0 Å². The van der Waals surface area contributed by atoms with E-state index in [-0.39, 0.29) is 0 Å². The highest BCUT2D eigenvalue weighted by atomic mass is 16.7. The lowest BCUT2D eigenvalue weighted by atomic mass is 9.83. The van der Waals surface area contributed by atoms with Gasteiger partial charge in [0.05, 0.1) is 25.9 Å². The maximum absolute atomic E-state index is 10.1. The second kappa shape index (κ2) is 13.3. The van der Waals surface area contributed by atoms with Crippen LogP contribution in [0.2, 0.25) is 0 Å². The molecule has 0 radical (unpaired) electrons. The van der Waals surface area contributed by atoms with Gasteiger partial charge in [0, 0.05) is 13.5 Å². The molecular formula is C31H33NO5. The fraction of sp³-hybridized carbons (Fsp3) is 0.323. The van der Waals surface area contributed by atoms with E-state index in [1.807, 2.05) is 91.0 Å². The highest BCUT2D eigenvalue weighted by molar-refractivity contribution is 5.18. The van der Waals surface area contributed by atoms with E-state index in [0.717, 1.165) is 16.7 Å². The van der Waals surface area contributed by atoms with Crippen molar-refractivity contribution in [2.75, 3.05) is 7.11 Å². The minimum absolute atomic E-state index is 0.290. The fourth-order valence-corrected chi connectivity index (χ4v) is 4.63. The molecule has 0 spiro atoms. The summed E-state index contributed by atoms with van der Waals surface area (Å²) < 4.78 is 31.6. The third kappa shape index (κ3) is 6.53. The standard InChI is InChI=1S/C31H33NO5/c1-3-19-31(36-23-26-17-11-6-12-18-26)29(35-22-25-15-9-5-10-16-25)28(27(20-32)37-30(31)33-2)34-21-24-13-7-4-8-14-24/h3-18,27-30H,1,19,21-23H2,2H3/t27-,28-,29+,30+,31-/m1/s1. The van der Waals surface area contributed by atoms with Crippen molar-refractivity contribution in [3.8, 4) is 6.07 Å². The molecule has 0 amide bonds. The number of rotatable bonds is 12. The fourth-order valence-electron chi connectivity index (χ4n) is 4.63. The van der Waals surface area contributed by atoms with Gasteiger partial charge in [-0.3, -0.25) is 0 Å². The Kier molecular flexibility index (Phi) is 9.61. The van der Waals surface area contributed by atoms with Crippen LogP contribution in [0.3, 0.4) is 0 Å². The van der Waals surface area contributed by atoms with Crippen molar-refractivity contribution in [1.29, 1.82) is 5.26 Å². The molecule has 0 unspecified atom stereocenters. The van der Waals surface area contributed by atoms with Gasteiger partial charge in [0.2, 0.25) is 0 Å². The molecule has 37 heavy (non-hydrogen) atoms. The summed E-state index contributed by atoms with van der Waals surface area (Å²) in [6.07, 6.45) is -1.11. The smallest absolute Gasteiger partial charge is 0.191 e. The van der Waals surface area contributed by atoms with Gasteiger partial charge in [0.1, 0.15) is 12.2 Å². The van der Waals surface area contributed by atoms with Crippen LogP contribution in [0.1, 0.15) is 23.1 Å². The zero-order valence-corrected chi connectivity index (χ0v) is 21.1. The Morgan fingerprint density at radius 2 is 1.35 bits per heavy atom. The van der Waals surface area contributed by atoms with Gasteiger partial charge >= 0.3 is 0 Å². The van der Waals surface area contributed by atoms with Crippen molar-refractivity contribution >= 4 is 0 Å². The number of ether oxygens (including phenoxy) is 5. The SMILES string of the molecule is C=CC[C@]1(OCc2ccccc2)[C@@H](OC)O[C@H](C#N)[C@@H](OCc2ccccc2)[C@@H]1OCc1ccccc1. The predicted octanol–water partition coefficient (Wildman–Crippen LogP) is 5.58. The first kappa shape index (κ1) is 26.7. The maximum Gasteiger partial charge on any atom is 0.191 e. The number of nitriles is 1. The maximum atomic E-state index is 10.1. The highest BCUT2D eigenvalue weighted by Crippen LogP contribution is 2.41. The van der Waals surface area contributed by atoms with Crippen molar-refractivity contribution < 1.29 is 23.7 Å². The molecule has 4 rings (SSSR count). The summed E-state index contributed by atoms with van der Waals surface area (Å²) in [5.74, 6) is 0. The van der Waals surface area contributed by atoms with E-state index in [9.17, 15) is 5.26 Å². The van der Waals surface area contributed by atoms with Crippen molar-refractivity contribution in [2.24, 2.45) is 0 Å². The van der Waals surface area contributed by atoms with Gasteiger partial charge in [-0.25, -0.2) is 0 Å². The summed E-state index contributed by atoms with van der Waals surface area (Å²) in [6, 6.07) is 31.8. The molecule has 1 aliphatic heterocycles. The molecule has 192 valence electrons. The average Bonchev–Trinajstić information content (AvgIpc) is 2.96. The highest BCUT2D eigenvalue weighted by Gasteiger charge is 2.59. The summed E-state index contributed by atoms with van der Waals surface area (Å²) in [4.78, 5) is 0. The number of hydrogen-bond acceptors (Lipinski definition) is 6. The van der Waals surface area contributed by atoms with Gasteiger partial charge in [-0.2, -0.15) is 5.26 Å². The number of hydrogen-bond donors (Lipinski definition) is 0. The number of benzene rings is 3. The predicted molar refractivity (Wildman–Crippen MR) is 140 cm³/mol. The van der Waals surface area contributed by atoms with Crippen LogP contribution < -0.4 is 0 Å². The van der Waals surface area contributed by atoms with Crippen LogP contribution in [0.15, 0.2) is 104 Å². The molecule has 0 saturated carbocycles. The van der Waals surface area contributed by atoms with E-state index in [1.54, 1.807) is 13.2 Å². The van der Waals surface area contributed by atoms with Gasteiger partial charge in [-0.1, -0.05) is 97.1 Å². The largest absolute Gasteiger partial charge is 0.367 e. The van der Waals surface area contributed by atoms with Crippen LogP contribution in [-0.4, -0.2) is 37.3 Å². The molecule has 0 bridgehead atoms. The lowest BCUT2D eigenvalue weighted by Gasteiger charge is -2.51. The molecule has 0 N–H and O–H groups in total. The zero-order chi connectivity index (χ0) is 25.9. The average molecular weight is 500 g/mol. The normalized spacial score (nSPS) is 25.3. The van der Waals surface area contributed by atoms with Gasteiger partial charge < -0.3 is 23.7 Å². The van der Waals surface area contributed by atoms with Crippen molar-refractivity contribution in [1.82, 2.24) is 0 Å². The Hall–Kier alpha value is -3.31. The molecule has 1 aliphatic rings. The van der Waals surface area contributed by atoms with Crippen molar-refractivity contribution in [3.63, 3.8) is 0 Å². The molecular weight excluding hydrogens is 466 g/mol. The van der Waals surface area contributed by atoms with E-state index in [0.29, 0.717) is 26.2 Å². The minimum Gasteiger partial charge on any atom is -0.367 e. The Bertz CT molecular complexity index is 1130. The second-order valence-electron chi connectivity index (χ2n) is 8.95. The summed E-state index contributed by atoms with van der Waals surface area (Å²) in [6.45, 7) is 4.87. The Labute approximate surface area is 219 Å². The summed E-state index contributed by atoms with van der Waals surface area (Å²) in [5, 5.41) is 10.1. The van der Waals surface area contributed by atoms with Gasteiger partial charge in [-0.15, -0.1) is 6.58 Å². The molecule has 0 aliphatic carbocycles. The monoisotopic (exact) mass is 499 g/mol. The quantitative estimate of drug-likeness (QED) is 0.303. The van der Waals surface area contributed by atoms with Crippen LogP contribution in [0.5, 0.6) is 0 Å². The number of methoxy groups -OCH3 is 1. The van der Waals surface area contributed by atoms with E-state index < -0.39 is 30.2 Å². The van der Waals surface area contributed by atoms with E-state index in [1.165, 1.54) is 0 Å². The Morgan fingerprint density at radius 1 is 0.838 bits per heavy atom. The molecule has 1 fully saturated rings. The molecule has 6 heteroatoms. The van der Waals surface area contributed by atoms with Gasteiger partial charge in [-0.05, 0) is 16.7 Å². The molecule has 1 saturated heterocycles. The minimum atomic E-state index is -1.12. The first-order valence-electron chi connectivity index (χ1n) is 12.4. The molecule has 1 heterocycles. The summed E-state index contributed by atoms with van der Waals surface area (Å²) in [7, 11) is 1.54. The van der Waals surface area contributed by atoms with Crippen LogP contribution >= 0.6 is 0 Å². The molecule has 3 aromatic carbocycles. The van der Waals surface area contributed by atoms with Crippen LogP contribution in [0, 0.1) is 11.3 Å². The van der Waals surface area contributed by atoms with E-state index in [2.05, 4.69) is 12.6 Å². The first-order valence-corrected chi connectivity index (χ1v) is 12.4. The molecule has 5 atom stereocenters. The summed E-state index contributed by atoms with van der Waals surface area (Å²) >= 11 is 0. The third-order valence-corrected chi connectivity index (χ3v) is 6.46. The van der Waals surface area contributed by atoms with Crippen LogP contribution in [0.4, 0.5) is 0 Å². The lowest BCUT2D eigenvalue weighted by Crippen LogP contribution is -2.68. The summed E-state index contributed by atoms with van der Waals surface area (Å²) in [5.41, 5.74) is 1.85. The van der Waals surface area contributed by atoms with Crippen molar-refractivity contribution in [2.45, 2.75) is 56.4 Å². The topological polar surface area (TPSA) is 69.9 Å². The molecule has 6 nitrogen and oxygen atoms in total. The lowest BCUT2D eigenvalue weighted by molar-refractivity contribution is -0.351. The van der Waals surface area contributed by atoms with E-state index >= 15 is 0 Å². The molecule has 3 aromatic rings. The second-order valence-corrected chi connectivity index (χ2v) is 8.95. The van der Waals surface area contributed by atoms with Crippen LogP contribution in [0.25, 0.3) is 0 Å². The molecule has 0 aromatic heterocycles. The van der Waals surface area contributed by atoms with Crippen LogP contribution in [-0.2, 0) is 43.5 Å². The number of nitrogens with zero attached hydrogens (tertiary/aromatic N) is 1. The van der Waals surface area contributed by atoms with Crippen molar-refractivity contribution in [3.05, 3.63) is 120 Å². The third-order valence-electron chi connectivity index (χ3n) is 6.46. The van der Waals surface area contributed by atoms with E-state index in [4.69, 9.17) is 23.7 Å². The van der Waals surface area contributed by atoms with Gasteiger partial charge in [0.25, 0.3) is 0 Å². The Morgan fingerprint density at radius 3 is 1.84 bits per heavy atom. The Balaban J connectivity index is 1.70. The first-order chi connectivity index (χ1) is 18.2.